The molecule has 0 rings (SSSR count). The van der Waals surface area contributed by atoms with Gasteiger partial charge < -0.3 is 33.8 Å². The Kier molecular flexibility index (Phi) is 72.5. The average molecular weight is 1470 g/mol. The van der Waals surface area contributed by atoms with E-state index >= 15 is 0 Å². The number of aliphatic hydroxyl groups excluding tert-OH is 1. The van der Waals surface area contributed by atoms with Crippen molar-refractivity contribution in [3.05, 3.63) is 0 Å². The zero-order valence-electron chi connectivity index (χ0n) is 65.3. The third kappa shape index (κ3) is 74.3. The lowest BCUT2D eigenvalue weighted by molar-refractivity contribution is -0.161. The van der Waals surface area contributed by atoms with Gasteiger partial charge in [-0.1, -0.05) is 381 Å². The van der Waals surface area contributed by atoms with Crippen LogP contribution in [0.1, 0.15) is 433 Å². The Morgan fingerprint density at radius 3 is 0.680 bits per heavy atom. The van der Waals surface area contributed by atoms with Crippen LogP contribution >= 0.6 is 15.6 Å². The minimum atomic E-state index is -4.96. The molecule has 0 amide bonds. The highest BCUT2D eigenvalue weighted by Crippen LogP contribution is 2.45. The largest absolute Gasteiger partial charge is 0.472 e. The molecule has 0 aromatic heterocycles. The van der Waals surface area contributed by atoms with Crippen LogP contribution < -0.4 is 0 Å². The van der Waals surface area contributed by atoms with Gasteiger partial charge in [-0.25, -0.2) is 9.13 Å². The average Bonchev–Trinajstić information content (AvgIpc) is 0.982. The molecule has 2 unspecified atom stereocenters. The van der Waals surface area contributed by atoms with Crippen LogP contribution in [-0.4, -0.2) is 96.7 Å². The number of hydrogen-bond acceptors (Lipinski definition) is 15. The first-order valence-corrected chi connectivity index (χ1v) is 45.1. The first-order chi connectivity index (χ1) is 48.5. The molecule has 100 heavy (non-hydrogen) atoms. The number of rotatable bonds is 81. The second-order valence-corrected chi connectivity index (χ2v) is 32.5. The Morgan fingerprint density at radius 2 is 0.460 bits per heavy atom. The molecule has 0 spiro atoms. The molecule has 5 atom stereocenters. The molecular formula is C81H158O17P2. The molecule has 0 fully saturated rings. The number of carbonyl (C=O) groups excluding carboxylic acids is 4. The van der Waals surface area contributed by atoms with E-state index in [4.69, 9.17) is 37.0 Å². The lowest BCUT2D eigenvalue weighted by atomic mass is 10.0. The molecule has 594 valence electrons. The smallest absolute Gasteiger partial charge is 0.462 e. The fourth-order valence-electron chi connectivity index (χ4n) is 12.6. The predicted molar refractivity (Wildman–Crippen MR) is 409 cm³/mol. The Labute approximate surface area is 613 Å². The Hall–Kier alpha value is -1.94. The summed E-state index contributed by atoms with van der Waals surface area (Å²) in [5, 5.41) is 10.6. The highest BCUT2D eigenvalue weighted by Gasteiger charge is 2.30. The maximum absolute atomic E-state index is 13.1. The third-order valence-corrected chi connectivity index (χ3v) is 20.9. The molecule has 0 radical (unpaired) electrons. The molecule has 0 saturated carbocycles. The predicted octanol–water partition coefficient (Wildman–Crippen LogP) is 24.4. The van der Waals surface area contributed by atoms with E-state index in [1.807, 2.05) is 0 Å². The topological polar surface area (TPSA) is 237 Å². The van der Waals surface area contributed by atoms with Gasteiger partial charge in [0.1, 0.15) is 19.3 Å². The highest BCUT2D eigenvalue weighted by molar-refractivity contribution is 7.47. The van der Waals surface area contributed by atoms with Gasteiger partial charge in [-0.3, -0.25) is 37.3 Å². The van der Waals surface area contributed by atoms with Crippen molar-refractivity contribution < 1.29 is 80.2 Å². The molecule has 3 N–H and O–H groups in total. The summed E-state index contributed by atoms with van der Waals surface area (Å²) in [4.78, 5) is 73.0. The van der Waals surface area contributed by atoms with E-state index in [0.717, 1.165) is 95.8 Å². The monoisotopic (exact) mass is 1470 g/mol. The van der Waals surface area contributed by atoms with Crippen LogP contribution in [0.25, 0.3) is 0 Å². The van der Waals surface area contributed by atoms with Crippen molar-refractivity contribution in [3.8, 4) is 0 Å². The van der Waals surface area contributed by atoms with Gasteiger partial charge in [-0.15, -0.1) is 0 Å². The number of aliphatic hydroxyl groups is 1. The summed E-state index contributed by atoms with van der Waals surface area (Å²) in [6.45, 7) is 7.36. The van der Waals surface area contributed by atoms with Crippen LogP contribution in [-0.2, 0) is 65.4 Å². The van der Waals surface area contributed by atoms with E-state index in [0.29, 0.717) is 25.7 Å². The Bertz CT molecular complexity index is 1910. The van der Waals surface area contributed by atoms with Crippen LogP contribution in [0.4, 0.5) is 0 Å². The summed E-state index contributed by atoms with van der Waals surface area (Å²) in [6.07, 6.45) is 65.1. The van der Waals surface area contributed by atoms with E-state index in [-0.39, 0.29) is 25.7 Å². The Balaban J connectivity index is 5.24. The highest BCUT2D eigenvalue weighted by atomic mass is 31.2. The van der Waals surface area contributed by atoms with Crippen LogP contribution in [0.3, 0.4) is 0 Å². The van der Waals surface area contributed by atoms with Crippen molar-refractivity contribution in [2.45, 2.75) is 451 Å². The van der Waals surface area contributed by atoms with Crippen molar-refractivity contribution in [1.29, 1.82) is 0 Å². The summed E-state index contributed by atoms with van der Waals surface area (Å²) in [7, 11) is -9.92. The van der Waals surface area contributed by atoms with Crippen molar-refractivity contribution >= 4 is 39.5 Å². The molecular weight excluding hydrogens is 1310 g/mol. The van der Waals surface area contributed by atoms with E-state index in [9.17, 15) is 43.2 Å². The fraction of sp³-hybridized carbons (Fsp3) is 0.951. The maximum atomic E-state index is 13.1. The first kappa shape index (κ1) is 98.1. The molecule has 0 aliphatic carbocycles. The van der Waals surface area contributed by atoms with Gasteiger partial charge in [0.05, 0.1) is 26.4 Å². The van der Waals surface area contributed by atoms with E-state index in [2.05, 4.69) is 34.6 Å². The molecule has 0 saturated heterocycles. The van der Waals surface area contributed by atoms with Gasteiger partial charge >= 0.3 is 39.5 Å². The molecule has 17 nitrogen and oxygen atoms in total. The number of ether oxygens (including phenoxy) is 4. The molecule has 0 aromatic carbocycles. The molecule has 0 aliphatic rings. The van der Waals surface area contributed by atoms with Gasteiger partial charge in [0.25, 0.3) is 0 Å². The van der Waals surface area contributed by atoms with Gasteiger partial charge in [0.15, 0.2) is 12.2 Å². The van der Waals surface area contributed by atoms with Crippen molar-refractivity contribution in [2.24, 2.45) is 5.92 Å². The van der Waals surface area contributed by atoms with E-state index in [1.54, 1.807) is 0 Å². The standard InChI is InChI=1S/C81H158O17P2/c1-6-9-12-15-18-21-24-26-28-32-36-40-45-50-55-60-65-79(84)92-71-77(98-81(86)67-62-57-52-47-42-38-34-30-31-35-39-43-48-53-58-63-74(4)5)73-96-100(89,90)94-69-75(82)68-93-99(87,88)95-72-76(70-91-78(83)64-59-54-49-44-23-20-17-14-11-8-3)97-80(85)66-61-56-51-46-41-37-33-29-27-25-22-19-16-13-10-7-2/h74-77,82H,6-73H2,1-5H3,(H,87,88)(H,89,90)/t75-,76+,77+/m0/s1. The van der Waals surface area contributed by atoms with Gasteiger partial charge in [0, 0.05) is 25.7 Å². The zero-order valence-corrected chi connectivity index (χ0v) is 67.1. The minimum Gasteiger partial charge on any atom is -0.462 e. The van der Waals surface area contributed by atoms with Gasteiger partial charge in [0.2, 0.25) is 0 Å². The third-order valence-electron chi connectivity index (χ3n) is 19.0. The maximum Gasteiger partial charge on any atom is 0.472 e. The van der Waals surface area contributed by atoms with Gasteiger partial charge in [-0.05, 0) is 31.6 Å². The first-order valence-electron chi connectivity index (χ1n) is 42.1. The molecule has 0 aromatic rings. The summed E-state index contributed by atoms with van der Waals surface area (Å²) in [6, 6.07) is 0. The molecule has 0 bridgehead atoms. The summed E-state index contributed by atoms with van der Waals surface area (Å²) in [5.74, 6) is -1.30. The lowest BCUT2D eigenvalue weighted by Gasteiger charge is -2.21. The fourth-order valence-corrected chi connectivity index (χ4v) is 14.2. The van der Waals surface area contributed by atoms with Crippen LogP contribution in [0.15, 0.2) is 0 Å². The van der Waals surface area contributed by atoms with Gasteiger partial charge in [-0.2, -0.15) is 0 Å². The summed E-state index contributed by atoms with van der Waals surface area (Å²) >= 11 is 0. The second-order valence-electron chi connectivity index (χ2n) is 29.6. The number of esters is 4. The zero-order chi connectivity index (χ0) is 73.4. The normalized spacial score (nSPS) is 13.8. The number of carbonyl (C=O) groups is 4. The molecule has 0 heterocycles. The minimum absolute atomic E-state index is 0.109. The van der Waals surface area contributed by atoms with E-state index < -0.39 is 97.5 Å². The number of hydrogen-bond donors (Lipinski definition) is 3. The van der Waals surface area contributed by atoms with Crippen LogP contribution in [0.5, 0.6) is 0 Å². The van der Waals surface area contributed by atoms with Crippen molar-refractivity contribution in [3.63, 3.8) is 0 Å². The number of unbranched alkanes of at least 4 members (excludes halogenated alkanes) is 53. The number of phosphoric ester groups is 2. The summed E-state index contributed by atoms with van der Waals surface area (Å²) in [5.41, 5.74) is 0. The summed E-state index contributed by atoms with van der Waals surface area (Å²) < 4.78 is 68.7. The van der Waals surface area contributed by atoms with E-state index in [1.165, 1.54) is 257 Å². The quantitative estimate of drug-likeness (QED) is 0.0222. The molecule has 0 aliphatic heterocycles. The second kappa shape index (κ2) is 73.9. The Morgan fingerprint density at radius 1 is 0.270 bits per heavy atom. The van der Waals surface area contributed by atoms with Crippen LogP contribution in [0.2, 0.25) is 0 Å². The molecule has 19 heteroatoms. The van der Waals surface area contributed by atoms with Crippen LogP contribution in [0, 0.1) is 5.92 Å². The lowest BCUT2D eigenvalue weighted by Crippen LogP contribution is -2.30. The SMILES string of the molecule is CCCCCCCCCCCCCCCCCCC(=O)OC[C@H](COP(=O)(O)OC[C@@H](O)COP(=O)(O)OC[C@@H](COC(=O)CCCCCCCCCCCC)OC(=O)CCCCCCCCCCCCCCCCCC)OC(=O)CCCCCCCCCCCCCCCCCC(C)C. The van der Waals surface area contributed by atoms with Crippen molar-refractivity contribution in [1.82, 2.24) is 0 Å². The van der Waals surface area contributed by atoms with Crippen molar-refractivity contribution in [2.75, 3.05) is 39.6 Å². The number of phosphoric acid groups is 2.